The van der Waals surface area contributed by atoms with Crippen molar-refractivity contribution in [2.45, 2.75) is 19.9 Å². The summed E-state index contributed by atoms with van der Waals surface area (Å²) in [5, 5.41) is 11.7. The molecule has 86 valence electrons. The number of carbonyl (C=O) groups excluding carboxylic acids is 1. The molecule has 1 rings (SSSR count). The van der Waals surface area contributed by atoms with Crippen LogP contribution in [0.3, 0.4) is 0 Å². The van der Waals surface area contributed by atoms with Gasteiger partial charge in [0.25, 0.3) is 5.91 Å². The molecule has 1 aromatic carbocycles. The lowest BCUT2D eigenvalue weighted by molar-refractivity contribution is 0.0689. The quantitative estimate of drug-likeness (QED) is 0.895. The first-order valence-corrected chi connectivity index (χ1v) is 5.55. The van der Waals surface area contributed by atoms with E-state index in [0.29, 0.717) is 4.47 Å². The predicted molar refractivity (Wildman–Crippen MR) is 63.7 cm³/mol. The lowest BCUT2D eigenvalue weighted by atomic mass is 10.1. The lowest BCUT2D eigenvalue weighted by Gasteiger charge is -2.11. The second kappa shape index (κ2) is 5.12. The van der Waals surface area contributed by atoms with Crippen LogP contribution in [0.2, 0.25) is 0 Å². The van der Waals surface area contributed by atoms with Crippen molar-refractivity contribution in [3.05, 3.63) is 33.8 Å². The SMILES string of the molecule is CC(C)NC(=O)c1cccc(Br)c1C(=O)O. The molecule has 0 aliphatic rings. The molecule has 0 atom stereocenters. The van der Waals surface area contributed by atoms with Crippen LogP contribution in [0.5, 0.6) is 0 Å². The first-order valence-electron chi connectivity index (χ1n) is 4.76. The number of nitrogens with one attached hydrogen (secondary N) is 1. The normalized spacial score (nSPS) is 10.2. The highest BCUT2D eigenvalue weighted by Crippen LogP contribution is 2.20. The van der Waals surface area contributed by atoms with Gasteiger partial charge in [0.2, 0.25) is 0 Å². The van der Waals surface area contributed by atoms with Crippen LogP contribution in [0.1, 0.15) is 34.6 Å². The Morgan fingerprint density at radius 2 is 2.00 bits per heavy atom. The van der Waals surface area contributed by atoms with Crippen LogP contribution < -0.4 is 5.32 Å². The van der Waals surface area contributed by atoms with Gasteiger partial charge in [-0.25, -0.2) is 4.79 Å². The number of halogens is 1. The largest absolute Gasteiger partial charge is 0.478 e. The molecule has 0 spiro atoms. The number of carboxylic acid groups (broad SMARTS) is 1. The van der Waals surface area contributed by atoms with E-state index in [1.807, 2.05) is 13.8 Å². The van der Waals surface area contributed by atoms with E-state index in [0.717, 1.165) is 0 Å². The number of hydrogen-bond acceptors (Lipinski definition) is 2. The minimum absolute atomic E-state index is 0.0133. The van der Waals surface area contributed by atoms with E-state index < -0.39 is 5.97 Å². The second-order valence-electron chi connectivity index (χ2n) is 3.60. The summed E-state index contributed by atoms with van der Waals surface area (Å²) in [6, 6.07) is 4.68. The van der Waals surface area contributed by atoms with Gasteiger partial charge in [-0.3, -0.25) is 4.79 Å². The van der Waals surface area contributed by atoms with Crippen LogP contribution >= 0.6 is 15.9 Å². The Labute approximate surface area is 102 Å². The van der Waals surface area contributed by atoms with Gasteiger partial charge < -0.3 is 10.4 Å². The van der Waals surface area contributed by atoms with Gasteiger partial charge in [0.1, 0.15) is 0 Å². The fourth-order valence-electron chi connectivity index (χ4n) is 1.27. The molecule has 0 unspecified atom stereocenters. The summed E-state index contributed by atoms with van der Waals surface area (Å²) in [6.45, 7) is 3.63. The summed E-state index contributed by atoms with van der Waals surface area (Å²) in [6.07, 6.45) is 0. The molecule has 1 amide bonds. The average molecular weight is 286 g/mol. The third-order valence-corrected chi connectivity index (χ3v) is 2.55. The zero-order chi connectivity index (χ0) is 12.3. The maximum Gasteiger partial charge on any atom is 0.337 e. The van der Waals surface area contributed by atoms with Crippen LogP contribution in [-0.4, -0.2) is 23.0 Å². The van der Waals surface area contributed by atoms with Crippen molar-refractivity contribution in [3.63, 3.8) is 0 Å². The third kappa shape index (κ3) is 2.82. The molecular formula is C11H12BrNO3. The fraction of sp³-hybridized carbons (Fsp3) is 0.273. The maximum absolute atomic E-state index is 11.7. The van der Waals surface area contributed by atoms with Gasteiger partial charge in [0.15, 0.2) is 0 Å². The Morgan fingerprint density at radius 1 is 1.38 bits per heavy atom. The van der Waals surface area contributed by atoms with Gasteiger partial charge in [-0.2, -0.15) is 0 Å². The molecular weight excluding hydrogens is 274 g/mol. The average Bonchev–Trinajstić information content (AvgIpc) is 2.15. The Hall–Kier alpha value is -1.36. The number of aromatic carboxylic acids is 1. The zero-order valence-electron chi connectivity index (χ0n) is 8.95. The van der Waals surface area contributed by atoms with Gasteiger partial charge in [0, 0.05) is 10.5 Å². The lowest BCUT2D eigenvalue weighted by Crippen LogP contribution is -2.31. The Balaban J connectivity index is 3.18. The molecule has 2 N–H and O–H groups in total. The number of rotatable bonds is 3. The van der Waals surface area contributed by atoms with Crippen molar-refractivity contribution < 1.29 is 14.7 Å². The summed E-state index contributed by atoms with van der Waals surface area (Å²) in [7, 11) is 0. The molecule has 1 aromatic rings. The first-order chi connectivity index (χ1) is 7.43. The van der Waals surface area contributed by atoms with Crippen molar-refractivity contribution in [1.29, 1.82) is 0 Å². The van der Waals surface area contributed by atoms with Crippen LogP contribution in [0, 0.1) is 0 Å². The minimum Gasteiger partial charge on any atom is -0.478 e. The van der Waals surface area contributed by atoms with Crippen LogP contribution in [-0.2, 0) is 0 Å². The highest BCUT2D eigenvalue weighted by Gasteiger charge is 2.19. The topological polar surface area (TPSA) is 66.4 Å². The van der Waals surface area contributed by atoms with Crippen molar-refractivity contribution in [1.82, 2.24) is 5.32 Å². The van der Waals surface area contributed by atoms with E-state index in [2.05, 4.69) is 21.2 Å². The Bertz CT molecular complexity index is 429. The maximum atomic E-state index is 11.7. The number of benzene rings is 1. The molecule has 0 aliphatic carbocycles. The molecule has 0 radical (unpaired) electrons. The van der Waals surface area contributed by atoms with E-state index in [-0.39, 0.29) is 23.1 Å². The van der Waals surface area contributed by atoms with Crippen LogP contribution in [0.15, 0.2) is 22.7 Å². The number of amides is 1. The molecule has 0 heterocycles. The summed E-state index contributed by atoms with van der Waals surface area (Å²) < 4.78 is 0.399. The van der Waals surface area contributed by atoms with Crippen LogP contribution in [0.4, 0.5) is 0 Å². The summed E-state index contributed by atoms with van der Waals surface area (Å²) in [4.78, 5) is 22.8. The number of carboxylic acids is 1. The molecule has 4 nitrogen and oxygen atoms in total. The molecule has 5 heteroatoms. The molecule has 0 bridgehead atoms. The molecule has 0 fully saturated rings. The zero-order valence-corrected chi connectivity index (χ0v) is 10.5. The monoisotopic (exact) mass is 285 g/mol. The van der Waals surface area contributed by atoms with Crippen molar-refractivity contribution in [2.75, 3.05) is 0 Å². The minimum atomic E-state index is -1.12. The fourth-order valence-corrected chi connectivity index (χ4v) is 1.81. The second-order valence-corrected chi connectivity index (χ2v) is 4.45. The van der Waals surface area contributed by atoms with Crippen molar-refractivity contribution in [3.8, 4) is 0 Å². The van der Waals surface area contributed by atoms with Gasteiger partial charge in [-0.15, -0.1) is 0 Å². The third-order valence-electron chi connectivity index (χ3n) is 1.89. The smallest absolute Gasteiger partial charge is 0.337 e. The number of carbonyl (C=O) groups is 2. The first kappa shape index (κ1) is 12.7. The van der Waals surface area contributed by atoms with E-state index in [9.17, 15) is 9.59 Å². The van der Waals surface area contributed by atoms with Gasteiger partial charge in [-0.05, 0) is 41.9 Å². The van der Waals surface area contributed by atoms with E-state index in [4.69, 9.17) is 5.11 Å². The standard InChI is InChI=1S/C11H12BrNO3/c1-6(2)13-10(14)7-4-3-5-8(12)9(7)11(15)16/h3-6H,1-2H3,(H,13,14)(H,15,16). The van der Waals surface area contributed by atoms with Gasteiger partial charge in [-0.1, -0.05) is 6.07 Å². The van der Waals surface area contributed by atoms with Crippen molar-refractivity contribution >= 4 is 27.8 Å². The molecule has 0 aliphatic heterocycles. The Morgan fingerprint density at radius 3 is 2.50 bits per heavy atom. The molecule has 16 heavy (non-hydrogen) atoms. The predicted octanol–water partition coefficient (Wildman–Crippen LogP) is 2.29. The van der Waals surface area contributed by atoms with Crippen molar-refractivity contribution in [2.24, 2.45) is 0 Å². The van der Waals surface area contributed by atoms with Gasteiger partial charge in [0.05, 0.1) is 11.1 Å². The van der Waals surface area contributed by atoms with E-state index in [1.54, 1.807) is 12.1 Å². The Kier molecular flexibility index (Phi) is 4.06. The molecule has 0 saturated carbocycles. The van der Waals surface area contributed by atoms with Gasteiger partial charge >= 0.3 is 5.97 Å². The van der Waals surface area contributed by atoms with Crippen LogP contribution in [0.25, 0.3) is 0 Å². The highest BCUT2D eigenvalue weighted by molar-refractivity contribution is 9.10. The summed E-state index contributed by atoms with van der Waals surface area (Å²) in [5.41, 5.74) is 0.149. The van der Waals surface area contributed by atoms with E-state index in [1.165, 1.54) is 6.07 Å². The molecule has 0 aromatic heterocycles. The van der Waals surface area contributed by atoms with E-state index >= 15 is 0 Å². The summed E-state index contributed by atoms with van der Waals surface area (Å²) >= 11 is 3.12. The molecule has 0 saturated heterocycles. The summed E-state index contributed by atoms with van der Waals surface area (Å²) in [5.74, 6) is -1.50. The highest BCUT2D eigenvalue weighted by atomic mass is 79.9. The number of hydrogen-bond donors (Lipinski definition) is 2.